The highest BCUT2D eigenvalue weighted by atomic mass is 32.2. The number of thioether (sulfide) groups is 2. The summed E-state index contributed by atoms with van der Waals surface area (Å²) in [5.41, 5.74) is 0.142. The lowest BCUT2D eigenvalue weighted by Crippen LogP contribution is -2.51. The average molecular weight is 423 g/mol. The summed E-state index contributed by atoms with van der Waals surface area (Å²) >= 11 is 2.35. The number of amides is 2. The van der Waals surface area contributed by atoms with Crippen molar-refractivity contribution >= 4 is 35.3 Å². The number of phenols is 2. The molecule has 6 nitrogen and oxygen atoms in total. The molecular formula is C20H26N2O4S2. The minimum Gasteiger partial charge on any atom is -0.507 e. The molecule has 0 aliphatic carbocycles. The van der Waals surface area contributed by atoms with Crippen LogP contribution in [0, 0.1) is 0 Å². The highest BCUT2D eigenvalue weighted by molar-refractivity contribution is 8.25. The molecule has 152 valence electrons. The number of nitrogens with zero attached hydrogens (tertiary/aromatic N) is 2. The molecule has 2 heterocycles. The molecule has 0 radical (unpaired) electrons. The minimum absolute atomic E-state index is 0.0347. The van der Waals surface area contributed by atoms with E-state index in [-0.39, 0.29) is 41.0 Å². The fourth-order valence-corrected chi connectivity index (χ4v) is 6.27. The van der Waals surface area contributed by atoms with Crippen LogP contribution in [0.2, 0.25) is 0 Å². The van der Waals surface area contributed by atoms with Crippen LogP contribution in [0.1, 0.15) is 53.4 Å². The molecule has 1 aromatic rings. The van der Waals surface area contributed by atoms with Crippen molar-refractivity contribution in [2.75, 3.05) is 0 Å². The van der Waals surface area contributed by atoms with Crippen molar-refractivity contribution in [2.45, 2.75) is 75.3 Å². The zero-order valence-electron chi connectivity index (χ0n) is 16.6. The molecule has 0 saturated carbocycles. The summed E-state index contributed by atoms with van der Waals surface area (Å²) in [4.78, 5) is 27.7. The Morgan fingerprint density at radius 1 is 0.786 bits per heavy atom. The summed E-state index contributed by atoms with van der Waals surface area (Å²) in [6, 6.07) is 2.74. The number of carbonyl (C=O) groups is 2. The van der Waals surface area contributed by atoms with Gasteiger partial charge in [0.05, 0.1) is 26.1 Å². The predicted molar refractivity (Wildman–Crippen MR) is 111 cm³/mol. The molecule has 1 aromatic carbocycles. The van der Waals surface area contributed by atoms with Crippen molar-refractivity contribution in [3.05, 3.63) is 21.9 Å². The molecule has 1 saturated heterocycles. The van der Waals surface area contributed by atoms with Gasteiger partial charge in [-0.2, -0.15) is 0 Å². The molecule has 0 aromatic heterocycles. The van der Waals surface area contributed by atoms with Crippen molar-refractivity contribution in [2.24, 2.45) is 0 Å². The lowest BCUT2D eigenvalue weighted by atomic mass is 10.1. The van der Waals surface area contributed by atoms with E-state index >= 15 is 0 Å². The number of fused-ring (bicyclic) bond motifs is 1. The van der Waals surface area contributed by atoms with Crippen molar-refractivity contribution in [3.8, 4) is 11.5 Å². The third kappa shape index (κ3) is 3.26. The normalized spacial score (nSPS) is 16.9. The van der Waals surface area contributed by atoms with Crippen LogP contribution < -0.4 is 0 Å². The number of hydrogen-bond donors (Lipinski definition) is 2. The summed E-state index contributed by atoms with van der Waals surface area (Å²) < 4.78 is 0.520. The Labute approximate surface area is 173 Å². The van der Waals surface area contributed by atoms with Crippen molar-refractivity contribution in [1.29, 1.82) is 0 Å². The molecule has 0 unspecified atom stereocenters. The monoisotopic (exact) mass is 422 g/mol. The zero-order chi connectivity index (χ0) is 20.6. The van der Waals surface area contributed by atoms with Gasteiger partial charge in [-0.05, 0) is 37.8 Å². The fraction of sp³-hybridized carbons (Fsp3) is 0.500. The molecule has 2 aliphatic heterocycles. The molecule has 3 rings (SSSR count). The Balaban J connectivity index is 2.09. The topological polar surface area (TPSA) is 81.1 Å². The second-order valence-corrected chi connectivity index (χ2v) is 9.17. The summed E-state index contributed by atoms with van der Waals surface area (Å²) in [6.07, 6.45) is 3.04. The van der Waals surface area contributed by atoms with Crippen molar-refractivity contribution in [3.63, 3.8) is 0 Å². The first-order valence-corrected chi connectivity index (χ1v) is 11.3. The zero-order valence-corrected chi connectivity index (χ0v) is 18.2. The van der Waals surface area contributed by atoms with E-state index in [0.717, 1.165) is 25.7 Å². The largest absolute Gasteiger partial charge is 0.507 e. The van der Waals surface area contributed by atoms with Gasteiger partial charge in [0.15, 0.2) is 0 Å². The maximum Gasteiger partial charge on any atom is 0.280 e. The van der Waals surface area contributed by atoms with Crippen LogP contribution in [-0.2, 0) is 9.59 Å². The first kappa shape index (κ1) is 20.9. The van der Waals surface area contributed by atoms with Gasteiger partial charge in [0.25, 0.3) is 11.8 Å². The standard InChI is InChI=1S/C20H26N2O4S2/c1-5-11(6-2)21-18(25)15(19(26)22(21)12(7-3)8-4)20-27-16-13(23)9-10-14(24)17(16)28-20/h9-12,23-24H,5-8H2,1-4H3. The average Bonchev–Trinajstić information content (AvgIpc) is 3.22. The van der Waals surface area contributed by atoms with Gasteiger partial charge in [0, 0.05) is 0 Å². The number of hydrazine groups is 1. The number of rotatable bonds is 6. The van der Waals surface area contributed by atoms with Crippen LogP contribution in [0.4, 0.5) is 0 Å². The van der Waals surface area contributed by atoms with Crippen molar-refractivity contribution in [1.82, 2.24) is 10.0 Å². The number of aromatic hydroxyl groups is 2. The summed E-state index contributed by atoms with van der Waals surface area (Å²) in [7, 11) is 0. The maximum atomic E-state index is 13.4. The highest BCUT2D eigenvalue weighted by Crippen LogP contribution is 2.59. The van der Waals surface area contributed by atoms with E-state index < -0.39 is 0 Å². The Morgan fingerprint density at radius 3 is 1.46 bits per heavy atom. The smallest absolute Gasteiger partial charge is 0.280 e. The molecule has 2 aliphatic rings. The quantitative estimate of drug-likeness (QED) is 0.400. The first-order valence-electron chi connectivity index (χ1n) is 9.71. The first-order chi connectivity index (χ1) is 13.4. The highest BCUT2D eigenvalue weighted by Gasteiger charge is 2.48. The molecule has 0 atom stereocenters. The molecule has 0 spiro atoms. The van der Waals surface area contributed by atoms with E-state index in [2.05, 4.69) is 0 Å². The predicted octanol–water partition coefficient (Wildman–Crippen LogP) is 4.47. The summed E-state index contributed by atoms with van der Waals surface area (Å²) in [6.45, 7) is 8.08. The number of carbonyl (C=O) groups excluding carboxylic acids is 2. The van der Waals surface area contributed by atoms with E-state index in [1.54, 1.807) is 10.0 Å². The maximum absolute atomic E-state index is 13.4. The van der Waals surface area contributed by atoms with Crippen LogP contribution in [-0.4, -0.2) is 44.1 Å². The van der Waals surface area contributed by atoms with Crippen LogP contribution in [0.3, 0.4) is 0 Å². The van der Waals surface area contributed by atoms with E-state index in [9.17, 15) is 19.8 Å². The van der Waals surface area contributed by atoms with Gasteiger partial charge in [0.2, 0.25) is 0 Å². The van der Waals surface area contributed by atoms with Gasteiger partial charge in [-0.1, -0.05) is 51.2 Å². The van der Waals surface area contributed by atoms with Crippen LogP contribution in [0.15, 0.2) is 31.7 Å². The van der Waals surface area contributed by atoms with Crippen molar-refractivity contribution < 1.29 is 19.8 Å². The Hall–Kier alpha value is -1.80. The third-order valence-electron chi connectivity index (χ3n) is 5.32. The fourth-order valence-electron chi connectivity index (χ4n) is 3.69. The van der Waals surface area contributed by atoms with E-state index in [1.807, 2.05) is 27.7 Å². The van der Waals surface area contributed by atoms with E-state index in [4.69, 9.17) is 0 Å². The Bertz CT molecular complexity index is 767. The van der Waals surface area contributed by atoms with Crippen LogP contribution in [0.5, 0.6) is 11.5 Å². The lowest BCUT2D eigenvalue weighted by Gasteiger charge is -2.38. The summed E-state index contributed by atoms with van der Waals surface area (Å²) in [5, 5.41) is 23.5. The van der Waals surface area contributed by atoms with Gasteiger partial charge < -0.3 is 10.2 Å². The van der Waals surface area contributed by atoms with Gasteiger partial charge in [-0.3, -0.25) is 9.59 Å². The minimum atomic E-state index is -0.285. The molecule has 2 amide bonds. The second kappa shape index (κ2) is 8.29. The molecule has 1 fully saturated rings. The van der Waals surface area contributed by atoms with E-state index in [1.165, 1.54) is 35.7 Å². The SMILES string of the molecule is CCC(CC)N1C(=O)C(=C2Sc3c(O)ccc(O)c3S2)C(=O)N1C(CC)CC. The summed E-state index contributed by atoms with van der Waals surface area (Å²) in [5.74, 6) is -0.500. The molecular weight excluding hydrogens is 396 g/mol. The Kier molecular flexibility index (Phi) is 6.19. The third-order valence-corrected chi connectivity index (χ3v) is 7.96. The van der Waals surface area contributed by atoms with Gasteiger partial charge in [-0.15, -0.1) is 0 Å². The van der Waals surface area contributed by atoms with E-state index in [0.29, 0.717) is 14.0 Å². The van der Waals surface area contributed by atoms with Crippen LogP contribution in [0.25, 0.3) is 0 Å². The molecule has 28 heavy (non-hydrogen) atoms. The number of hydrogen-bond acceptors (Lipinski definition) is 6. The number of phenolic OH excluding ortho intramolecular Hbond substituents is 2. The van der Waals surface area contributed by atoms with Gasteiger partial charge >= 0.3 is 0 Å². The lowest BCUT2D eigenvalue weighted by molar-refractivity contribution is -0.158. The van der Waals surface area contributed by atoms with Gasteiger partial charge in [-0.25, -0.2) is 10.0 Å². The second-order valence-electron chi connectivity index (χ2n) is 6.87. The molecule has 2 N–H and O–H groups in total. The van der Waals surface area contributed by atoms with Gasteiger partial charge in [0.1, 0.15) is 17.1 Å². The molecule has 0 bridgehead atoms. The Morgan fingerprint density at radius 2 is 1.14 bits per heavy atom. The number of benzene rings is 1. The van der Waals surface area contributed by atoms with Crippen LogP contribution >= 0.6 is 23.5 Å². The molecule has 8 heteroatoms.